The molecule has 2 heterocycles. The van der Waals surface area contributed by atoms with Crippen LogP contribution < -0.4 is 15.9 Å². The summed E-state index contributed by atoms with van der Waals surface area (Å²) in [6.45, 7) is 1.44. The molecule has 1 atom stereocenters. The van der Waals surface area contributed by atoms with Crippen molar-refractivity contribution in [2.45, 2.75) is 6.82 Å². The minimum atomic E-state index is -3.18. The monoisotopic (exact) mass is 684 g/mol. The second kappa shape index (κ2) is 13.3. The Hall–Kier alpha value is -5.18. The molecule has 0 amide bonds. The summed E-state index contributed by atoms with van der Waals surface area (Å²) in [6, 6.07) is 60.6. The van der Waals surface area contributed by atoms with Gasteiger partial charge in [0.05, 0.1) is 22.1 Å². The van der Waals surface area contributed by atoms with Crippen molar-refractivity contribution in [3.05, 3.63) is 176 Å². The van der Waals surface area contributed by atoms with Crippen LogP contribution in [-0.2, 0) is 4.57 Å². The van der Waals surface area contributed by atoms with Crippen LogP contribution in [0.25, 0.3) is 55.0 Å². The normalized spacial score (nSPS) is 11.6. The molecule has 0 bridgehead atoms. The molecule has 1 N–H and O–H groups in total. The molecule has 0 fully saturated rings. The Morgan fingerprint density at radius 1 is 0.440 bits per heavy atom. The molecule has 7 heteroatoms. The lowest BCUT2D eigenvalue weighted by atomic mass is 10.1. The summed E-state index contributed by atoms with van der Waals surface area (Å²) in [5, 5.41) is 15.4. The molecule has 7 aromatic carbocycles. The molecule has 0 radical (unpaired) electrons. The summed E-state index contributed by atoms with van der Waals surface area (Å²) in [5.74, 6) is 0. The third kappa shape index (κ3) is 5.49. The number of nitrogens with zero attached hydrogens (tertiary/aromatic N) is 2. The van der Waals surface area contributed by atoms with Crippen molar-refractivity contribution in [2.24, 2.45) is 0 Å². The molecule has 0 aliphatic carbocycles. The lowest BCUT2D eigenvalue weighted by Crippen LogP contribution is -2.25. The van der Waals surface area contributed by atoms with E-state index in [1.807, 2.05) is 54.6 Å². The van der Waals surface area contributed by atoms with Gasteiger partial charge in [-0.1, -0.05) is 110 Å². The van der Waals surface area contributed by atoms with Gasteiger partial charge in [0, 0.05) is 48.8 Å². The second-order valence-electron chi connectivity index (χ2n) is 12.5. The van der Waals surface area contributed by atoms with Crippen LogP contribution in [0.15, 0.2) is 176 Å². The summed E-state index contributed by atoms with van der Waals surface area (Å²) in [5.41, 5.74) is 6.71. The van der Waals surface area contributed by atoms with Gasteiger partial charge in [-0.3, -0.25) is 0 Å². The first-order valence-electron chi connectivity index (χ1n) is 16.7. The quantitative estimate of drug-likeness (QED) is 0.145. The van der Waals surface area contributed by atoms with E-state index >= 15 is 4.57 Å². The molecule has 0 aliphatic rings. The van der Waals surface area contributed by atoms with Crippen LogP contribution in [0.1, 0.15) is 0 Å². The predicted molar refractivity (Wildman–Crippen MR) is 218 cm³/mol. The molecular formula is C43H35BN2O2P2. The van der Waals surface area contributed by atoms with Crippen molar-refractivity contribution < 1.29 is 9.59 Å². The van der Waals surface area contributed by atoms with Crippen LogP contribution in [0.3, 0.4) is 0 Å². The zero-order valence-corrected chi connectivity index (χ0v) is 29.6. The Morgan fingerprint density at radius 2 is 0.700 bits per heavy atom. The molecule has 0 spiro atoms. The van der Waals surface area contributed by atoms with Crippen molar-refractivity contribution in [1.29, 1.82) is 0 Å². The highest BCUT2D eigenvalue weighted by atomic mass is 31.2. The van der Waals surface area contributed by atoms with Crippen molar-refractivity contribution >= 4 is 82.4 Å². The minimum Gasteiger partial charge on any atom is -0.447 e. The molecule has 2 aromatic heterocycles. The molecule has 50 heavy (non-hydrogen) atoms. The number of hydrogen-bond donors (Lipinski definition) is 1. The molecule has 0 saturated carbocycles. The predicted octanol–water partition coefficient (Wildman–Crippen LogP) is 9.49. The Morgan fingerprint density at radius 3 is 1.02 bits per heavy atom. The maximum Gasteiger partial charge on any atom is 0.308 e. The van der Waals surface area contributed by atoms with Crippen LogP contribution in [0.2, 0.25) is 6.82 Å². The van der Waals surface area contributed by atoms with Gasteiger partial charge >= 0.3 is 6.64 Å². The summed E-state index contributed by atoms with van der Waals surface area (Å²) < 4.78 is 20.0. The van der Waals surface area contributed by atoms with E-state index in [0.717, 1.165) is 49.4 Å². The number of aromatic nitrogens is 2. The van der Waals surface area contributed by atoms with Gasteiger partial charge in [-0.15, -0.1) is 9.12 Å². The van der Waals surface area contributed by atoms with Gasteiger partial charge in [0.1, 0.15) is 0 Å². The first-order valence-corrected chi connectivity index (χ1v) is 19.1. The largest absolute Gasteiger partial charge is 0.447 e. The minimum absolute atomic E-state index is 0.250. The number of hydrogen-bond acceptors (Lipinski definition) is 2. The van der Waals surface area contributed by atoms with E-state index in [9.17, 15) is 0 Å². The molecule has 0 aliphatic heterocycles. The van der Waals surface area contributed by atoms with E-state index in [1.165, 1.54) is 21.5 Å². The molecule has 0 saturated heterocycles. The number of rotatable bonds is 5. The van der Waals surface area contributed by atoms with E-state index in [4.69, 9.17) is 5.02 Å². The van der Waals surface area contributed by atoms with Gasteiger partial charge < -0.3 is 18.7 Å². The molecule has 242 valence electrons. The zero-order chi connectivity index (χ0) is 34.2. The highest BCUT2D eigenvalue weighted by molar-refractivity contribution is 7.85. The Bertz CT molecular complexity index is 2390. The maximum absolute atomic E-state index is 15.4. The molecule has 9 rings (SSSR count). The summed E-state index contributed by atoms with van der Waals surface area (Å²) >= 11 is 0. The second-order valence-corrected chi connectivity index (χ2v) is 16.2. The summed E-state index contributed by atoms with van der Waals surface area (Å²) in [7, 11) is -0.968. The topological polar surface area (TPSA) is 47.2 Å². The van der Waals surface area contributed by atoms with E-state index in [-0.39, 0.29) is 6.64 Å². The van der Waals surface area contributed by atoms with Crippen LogP contribution in [-0.4, -0.2) is 20.8 Å². The fourth-order valence-corrected chi connectivity index (χ4v) is 9.73. The van der Waals surface area contributed by atoms with Crippen molar-refractivity contribution in [3.63, 3.8) is 0 Å². The lowest BCUT2D eigenvalue weighted by Gasteiger charge is -2.21. The fraction of sp³-hybridized carbons (Fsp3) is 0.0233. The zero-order valence-electron chi connectivity index (χ0n) is 27.6. The van der Waals surface area contributed by atoms with E-state index in [2.05, 4.69) is 140 Å². The number of fused-ring (bicyclic) bond motifs is 6. The SMILES string of the molecule is CB(O)P.O=P(c1ccccc1)(c1ccc(-n2c3ccccc3c3ccccc32)cc1)c1ccc(-n2c3ccccc3c3ccccc32)cc1. The summed E-state index contributed by atoms with van der Waals surface area (Å²) in [6.07, 6.45) is 0. The highest BCUT2D eigenvalue weighted by Gasteiger charge is 2.30. The molecule has 1 unspecified atom stereocenters. The van der Waals surface area contributed by atoms with Gasteiger partial charge in [0.25, 0.3) is 0 Å². The van der Waals surface area contributed by atoms with Crippen LogP contribution >= 0.6 is 16.3 Å². The molecular weight excluding hydrogens is 649 g/mol. The molecule has 9 aromatic rings. The van der Waals surface area contributed by atoms with Crippen LogP contribution in [0.5, 0.6) is 0 Å². The van der Waals surface area contributed by atoms with Crippen LogP contribution in [0, 0.1) is 0 Å². The van der Waals surface area contributed by atoms with Crippen LogP contribution in [0.4, 0.5) is 0 Å². The summed E-state index contributed by atoms with van der Waals surface area (Å²) in [4.78, 5) is 0. The molecule has 4 nitrogen and oxygen atoms in total. The average molecular weight is 685 g/mol. The van der Waals surface area contributed by atoms with E-state index < -0.39 is 7.14 Å². The average Bonchev–Trinajstić information content (AvgIpc) is 3.68. The van der Waals surface area contributed by atoms with Gasteiger partial charge in [-0.2, -0.15) is 0 Å². The van der Waals surface area contributed by atoms with E-state index in [1.54, 1.807) is 6.82 Å². The number of para-hydroxylation sites is 4. The third-order valence-corrected chi connectivity index (χ3v) is 12.3. The third-order valence-electron chi connectivity index (χ3n) is 9.22. The Labute approximate surface area is 294 Å². The Kier molecular flexibility index (Phi) is 8.51. The van der Waals surface area contributed by atoms with E-state index in [0.29, 0.717) is 0 Å². The first-order chi connectivity index (χ1) is 24.4. The van der Waals surface area contributed by atoms with Gasteiger partial charge in [0.2, 0.25) is 0 Å². The van der Waals surface area contributed by atoms with Gasteiger partial charge in [-0.25, -0.2) is 0 Å². The van der Waals surface area contributed by atoms with Crippen molar-refractivity contribution in [3.8, 4) is 11.4 Å². The standard InChI is InChI=1S/C42H29N2OP.CH6BOP/c45-46(32-12-2-1-3-13-32,33-26-22-30(23-27-33)43-39-18-8-4-14-35(39)36-15-5-9-19-40(36)43)34-28-24-31(25-29-34)44-41-20-10-6-16-37(41)38-17-7-11-21-42(38)44;1-2(3)4/h1-29H;3H,4H2,1H3. The highest BCUT2D eigenvalue weighted by Crippen LogP contribution is 2.43. The van der Waals surface area contributed by atoms with Crippen molar-refractivity contribution in [2.75, 3.05) is 0 Å². The lowest BCUT2D eigenvalue weighted by molar-refractivity contribution is 0.592. The maximum atomic E-state index is 15.4. The Balaban J connectivity index is 0.000000859. The van der Waals surface area contributed by atoms with Gasteiger partial charge in [-0.05, 0) is 72.8 Å². The first kappa shape index (κ1) is 32.1. The smallest absolute Gasteiger partial charge is 0.308 e. The van der Waals surface area contributed by atoms with Crippen molar-refractivity contribution in [1.82, 2.24) is 9.13 Å². The number of benzene rings is 7. The fourth-order valence-electron chi connectivity index (χ4n) is 7.11. The van der Waals surface area contributed by atoms with Gasteiger partial charge in [0.15, 0.2) is 7.14 Å².